The number of amides is 2. The van der Waals surface area contributed by atoms with E-state index in [4.69, 9.17) is 0 Å². The van der Waals surface area contributed by atoms with Crippen molar-refractivity contribution in [2.75, 3.05) is 57.7 Å². The molecule has 2 fully saturated rings. The predicted octanol–water partition coefficient (Wildman–Crippen LogP) is 1.70. The summed E-state index contributed by atoms with van der Waals surface area (Å²) in [6.45, 7) is 5.43. The average molecular weight is 450 g/mol. The van der Waals surface area contributed by atoms with E-state index < -0.39 is 0 Å². The molecule has 2 amide bonds. The van der Waals surface area contributed by atoms with Crippen LogP contribution in [0.2, 0.25) is 0 Å². The molecule has 0 bridgehead atoms. The first-order chi connectivity index (χ1) is 16.1. The lowest BCUT2D eigenvalue weighted by Crippen LogP contribution is -2.51. The summed E-state index contributed by atoms with van der Waals surface area (Å²) in [6, 6.07) is 11.5. The molecule has 174 valence electrons. The smallest absolute Gasteiger partial charge is 0.239 e. The van der Waals surface area contributed by atoms with Gasteiger partial charge in [-0.15, -0.1) is 0 Å². The first-order valence-corrected chi connectivity index (χ1v) is 11.7. The van der Waals surface area contributed by atoms with Crippen LogP contribution in [0.1, 0.15) is 31.2 Å². The molecule has 0 atom stereocenters. The van der Waals surface area contributed by atoms with E-state index in [0.717, 1.165) is 57.8 Å². The van der Waals surface area contributed by atoms with E-state index in [0.29, 0.717) is 17.9 Å². The minimum Gasteiger partial charge on any atom is -0.342 e. The number of rotatable bonds is 6. The van der Waals surface area contributed by atoms with Gasteiger partial charge in [0.1, 0.15) is 11.6 Å². The van der Waals surface area contributed by atoms with Crippen LogP contribution in [0.25, 0.3) is 5.69 Å². The van der Waals surface area contributed by atoms with Gasteiger partial charge in [0, 0.05) is 39.3 Å². The van der Waals surface area contributed by atoms with Gasteiger partial charge in [-0.3, -0.25) is 19.4 Å². The Morgan fingerprint density at radius 3 is 2.18 bits per heavy atom. The number of para-hydroxylation sites is 1. The molecule has 1 N–H and O–H groups in total. The molecular weight excluding hydrogens is 418 g/mol. The van der Waals surface area contributed by atoms with Crippen molar-refractivity contribution in [1.29, 1.82) is 5.26 Å². The van der Waals surface area contributed by atoms with E-state index in [9.17, 15) is 14.9 Å². The Labute approximate surface area is 194 Å². The monoisotopic (exact) mass is 449 g/mol. The highest BCUT2D eigenvalue weighted by atomic mass is 16.2. The average Bonchev–Trinajstić information content (AvgIpc) is 3.04. The quantitative estimate of drug-likeness (QED) is 0.721. The zero-order chi connectivity index (χ0) is 23.0. The number of nitriles is 1. The zero-order valence-electron chi connectivity index (χ0n) is 18.9. The maximum atomic E-state index is 12.8. The number of hydrogen-bond donors (Lipinski definition) is 1. The van der Waals surface area contributed by atoms with E-state index in [-0.39, 0.29) is 18.4 Å². The fraction of sp³-hybridized carbons (Fsp3) is 0.500. The Kier molecular flexibility index (Phi) is 7.70. The number of nitrogens with one attached hydrogen (secondary N) is 1. The van der Waals surface area contributed by atoms with Gasteiger partial charge >= 0.3 is 0 Å². The normalized spacial score (nSPS) is 17.8. The van der Waals surface area contributed by atoms with Gasteiger partial charge in [-0.25, -0.2) is 4.68 Å². The van der Waals surface area contributed by atoms with Crippen molar-refractivity contribution >= 4 is 17.6 Å². The van der Waals surface area contributed by atoms with Crippen LogP contribution < -0.4 is 5.32 Å². The molecule has 9 nitrogen and oxygen atoms in total. The molecule has 33 heavy (non-hydrogen) atoms. The van der Waals surface area contributed by atoms with Gasteiger partial charge in [-0.2, -0.15) is 10.4 Å². The summed E-state index contributed by atoms with van der Waals surface area (Å²) in [6.07, 6.45) is 6.10. The van der Waals surface area contributed by atoms with Crippen molar-refractivity contribution in [3.63, 3.8) is 0 Å². The van der Waals surface area contributed by atoms with Gasteiger partial charge in [0.15, 0.2) is 5.82 Å². The summed E-state index contributed by atoms with van der Waals surface area (Å²) >= 11 is 0. The maximum Gasteiger partial charge on any atom is 0.239 e. The van der Waals surface area contributed by atoms with Crippen LogP contribution in [0, 0.1) is 11.3 Å². The number of benzene rings is 1. The molecule has 2 aliphatic rings. The van der Waals surface area contributed by atoms with Crippen molar-refractivity contribution < 1.29 is 9.59 Å². The van der Waals surface area contributed by atoms with Gasteiger partial charge in [-0.05, 0) is 25.0 Å². The highest BCUT2D eigenvalue weighted by Gasteiger charge is 2.24. The fourth-order valence-corrected chi connectivity index (χ4v) is 4.41. The van der Waals surface area contributed by atoms with Crippen LogP contribution in [0.3, 0.4) is 0 Å². The third-order valence-corrected chi connectivity index (χ3v) is 6.30. The number of piperazine rings is 1. The summed E-state index contributed by atoms with van der Waals surface area (Å²) in [5.74, 6) is 0.426. The molecule has 0 radical (unpaired) electrons. The Bertz CT molecular complexity index is 982. The molecule has 1 aromatic heterocycles. The highest BCUT2D eigenvalue weighted by Crippen LogP contribution is 2.19. The van der Waals surface area contributed by atoms with Crippen LogP contribution in [-0.4, -0.2) is 88.7 Å². The number of carbonyl (C=O) groups is 2. The van der Waals surface area contributed by atoms with E-state index in [1.165, 1.54) is 19.0 Å². The molecule has 0 saturated carbocycles. The van der Waals surface area contributed by atoms with Gasteiger partial charge in [-0.1, -0.05) is 31.0 Å². The molecule has 2 aromatic rings. The number of anilines is 1. The van der Waals surface area contributed by atoms with Crippen LogP contribution >= 0.6 is 0 Å². The van der Waals surface area contributed by atoms with E-state index >= 15 is 0 Å². The lowest BCUT2D eigenvalue weighted by atomic mass is 10.2. The van der Waals surface area contributed by atoms with Crippen LogP contribution in [0.5, 0.6) is 0 Å². The number of likely N-dealkylation sites (tertiary alicyclic amines) is 1. The number of hydrogen-bond acceptors (Lipinski definition) is 6. The first kappa shape index (κ1) is 23.0. The largest absolute Gasteiger partial charge is 0.342 e. The Morgan fingerprint density at radius 2 is 1.55 bits per heavy atom. The third-order valence-electron chi connectivity index (χ3n) is 6.30. The topological polar surface area (TPSA) is 97.5 Å². The number of nitrogens with zero attached hydrogens (tertiary/aromatic N) is 6. The first-order valence-electron chi connectivity index (χ1n) is 11.7. The third kappa shape index (κ3) is 5.97. The molecule has 0 aliphatic carbocycles. The van der Waals surface area contributed by atoms with Crippen molar-refractivity contribution in [1.82, 2.24) is 24.5 Å². The molecule has 0 spiro atoms. The molecule has 0 unspecified atom stereocenters. The van der Waals surface area contributed by atoms with Gasteiger partial charge in [0.2, 0.25) is 11.8 Å². The molecule has 2 aliphatic heterocycles. The fourth-order valence-electron chi connectivity index (χ4n) is 4.41. The highest BCUT2D eigenvalue weighted by molar-refractivity contribution is 5.93. The minimum absolute atomic E-state index is 0.182. The molecule has 1 aromatic carbocycles. The number of carbonyl (C=O) groups excluding carboxylic acids is 2. The number of aromatic nitrogens is 2. The molecule has 3 heterocycles. The second-order valence-corrected chi connectivity index (χ2v) is 8.66. The molecule has 2 saturated heterocycles. The summed E-state index contributed by atoms with van der Waals surface area (Å²) in [7, 11) is 0. The lowest BCUT2D eigenvalue weighted by molar-refractivity contribution is -0.133. The SMILES string of the molecule is N#Cc1cnn(-c2ccccc2)c1NC(=O)CN1CCN(CC(=O)N2CCCCCC2)CC1. The van der Waals surface area contributed by atoms with E-state index in [1.54, 1.807) is 4.68 Å². The Balaban J connectivity index is 1.27. The minimum atomic E-state index is -0.182. The predicted molar refractivity (Wildman–Crippen MR) is 125 cm³/mol. The molecule has 4 rings (SSSR count). The van der Waals surface area contributed by atoms with Crippen LogP contribution in [0.15, 0.2) is 36.5 Å². The standard InChI is InChI=1S/C24H31N7O2/c25-16-20-17-26-31(21-8-4-3-5-9-21)24(20)27-22(32)18-28-12-14-29(15-13-28)19-23(33)30-10-6-1-2-7-11-30/h3-5,8-9,17H,1-2,6-7,10-15,18-19H2,(H,27,32). The Morgan fingerprint density at radius 1 is 0.909 bits per heavy atom. The van der Waals surface area contributed by atoms with Crippen molar-refractivity contribution in [3.05, 3.63) is 42.1 Å². The summed E-state index contributed by atoms with van der Waals surface area (Å²) < 4.78 is 1.57. The van der Waals surface area contributed by atoms with Gasteiger partial charge < -0.3 is 10.2 Å². The second-order valence-electron chi connectivity index (χ2n) is 8.66. The summed E-state index contributed by atoms with van der Waals surface area (Å²) in [5, 5.41) is 16.6. The molecule has 9 heteroatoms. The van der Waals surface area contributed by atoms with Crippen LogP contribution in [0.4, 0.5) is 5.82 Å². The zero-order valence-corrected chi connectivity index (χ0v) is 18.9. The summed E-state index contributed by atoms with van der Waals surface area (Å²) in [5.41, 5.74) is 1.10. The van der Waals surface area contributed by atoms with E-state index in [1.807, 2.05) is 35.2 Å². The van der Waals surface area contributed by atoms with Gasteiger partial charge in [0.25, 0.3) is 0 Å². The van der Waals surface area contributed by atoms with E-state index in [2.05, 4.69) is 26.3 Å². The molecular formula is C24H31N7O2. The van der Waals surface area contributed by atoms with Crippen molar-refractivity contribution in [2.45, 2.75) is 25.7 Å². The van der Waals surface area contributed by atoms with Crippen molar-refractivity contribution in [2.24, 2.45) is 0 Å². The second kappa shape index (κ2) is 11.1. The van der Waals surface area contributed by atoms with Crippen molar-refractivity contribution in [3.8, 4) is 11.8 Å². The van der Waals surface area contributed by atoms with Crippen LogP contribution in [-0.2, 0) is 9.59 Å². The summed E-state index contributed by atoms with van der Waals surface area (Å²) in [4.78, 5) is 31.7. The van der Waals surface area contributed by atoms with Gasteiger partial charge in [0.05, 0.1) is 25.0 Å². The Hall–Kier alpha value is -3.22. The maximum absolute atomic E-state index is 12.8. The lowest BCUT2D eigenvalue weighted by Gasteiger charge is -2.35.